The van der Waals surface area contributed by atoms with E-state index >= 15 is 0 Å². The first kappa shape index (κ1) is 24.1. The van der Waals surface area contributed by atoms with E-state index in [1.807, 2.05) is 24.3 Å². The molecule has 0 saturated heterocycles. The summed E-state index contributed by atoms with van der Waals surface area (Å²) in [6.07, 6.45) is 3.26. The molecule has 1 heterocycles. The molecule has 1 atom stereocenters. The third-order valence-corrected chi connectivity index (χ3v) is 8.85. The number of carbonyl (C=O) groups is 2. The molecule has 2 aromatic rings. The Kier molecular flexibility index (Phi) is 7.44. The first-order valence-corrected chi connectivity index (χ1v) is 12.9. The molecule has 0 aromatic heterocycles. The highest BCUT2D eigenvalue weighted by molar-refractivity contribution is 7.99. The van der Waals surface area contributed by atoms with Gasteiger partial charge in [-0.25, -0.2) is 0 Å². The Morgan fingerprint density at radius 2 is 1.65 bits per heavy atom. The van der Waals surface area contributed by atoms with Gasteiger partial charge >= 0.3 is 0 Å². The molecule has 0 spiro atoms. The summed E-state index contributed by atoms with van der Waals surface area (Å²) >= 11 is 2.97. The van der Waals surface area contributed by atoms with Crippen molar-refractivity contribution < 1.29 is 13.9 Å². The van der Waals surface area contributed by atoms with Crippen molar-refractivity contribution in [2.75, 3.05) is 11.5 Å². The Morgan fingerprint density at radius 3 is 2.26 bits per heavy atom. The molecule has 1 unspecified atom stereocenters. The van der Waals surface area contributed by atoms with Gasteiger partial charge in [0.05, 0.1) is 11.1 Å². The van der Waals surface area contributed by atoms with Crippen molar-refractivity contribution in [2.24, 2.45) is 10.8 Å². The zero-order valence-corrected chi connectivity index (χ0v) is 21.0. The van der Waals surface area contributed by atoms with Crippen LogP contribution >= 0.6 is 23.8 Å². The average Bonchev–Trinajstić information content (AvgIpc) is 2.74. The van der Waals surface area contributed by atoms with Crippen LogP contribution in [0, 0.1) is 10.8 Å². The van der Waals surface area contributed by atoms with Gasteiger partial charge in [-0.05, 0) is 53.0 Å². The number of hydrogen-bond donors (Lipinski definition) is 0. The Hall–Kier alpha value is -1.50. The molecule has 1 aliphatic rings. The smallest absolute Gasteiger partial charge is 0.266 e. The van der Waals surface area contributed by atoms with Crippen LogP contribution in [0.2, 0.25) is 0 Å². The largest absolute Gasteiger partial charge is 0.286 e. The zero-order valence-electron chi connectivity index (χ0n) is 19.4. The van der Waals surface area contributed by atoms with E-state index in [-0.39, 0.29) is 22.6 Å². The molecule has 0 aliphatic carbocycles. The van der Waals surface area contributed by atoms with Crippen molar-refractivity contribution in [2.45, 2.75) is 65.7 Å². The molecular formula is C25H33NO3S2. The number of unbranched alkanes of at least 4 members (excludes halogenated alkanes) is 1. The molecule has 31 heavy (non-hydrogen) atoms. The van der Waals surface area contributed by atoms with Crippen LogP contribution in [0.1, 0.15) is 81.5 Å². The minimum atomic E-state index is -0.389. The van der Waals surface area contributed by atoms with E-state index in [4.69, 9.17) is 4.28 Å². The van der Waals surface area contributed by atoms with E-state index in [2.05, 4.69) is 41.5 Å². The second-order valence-electron chi connectivity index (χ2n) is 9.45. The van der Waals surface area contributed by atoms with Gasteiger partial charge < -0.3 is 0 Å². The molecule has 6 heteroatoms. The molecule has 2 amide bonds. The Bertz CT molecular complexity index is 960. The number of benzene rings is 2. The molecule has 0 bridgehead atoms. The van der Waals surface area contributed by atoms with Crippen LogP contribution in [0.3, 0.4) is 0 Å². The van der Waals surface area contributed by atoms with Crippen LogP contribution in [0.15, 0.2) is 35.2 Å². The molecule has 2 aromatic carbocycles. The molecule has 0 radical (unpaired) electrons. The van der Waals surface area contributed by atoms with Crippen LogP contribution in [0.25, 0.3) is 10.8 Å². The fourth-order valence-electron chi connectivity index (χ4n) is 3.63. The monoisotopic (exact) mass is 459 g/mol. The van der Waals surface area contributed by atoms with Crippen LogP contribution in [-0.4, -0.2) is 28.4 Å². The van der Waals surface area contributed by atoms with Gasteiger partial charge in [0.1, 0.15) is 0 Å². The number of nitrogens with zero attached hydrogens (tertiary/aromatic N) is 1. The van der Waals surface area contributed by atoms with Gasteiger partial charge in [0.15, 0.2) is 0 Å². The average molecular weight is 460 g/mol. The third-order valence-electron chi connectivity index (χ3n) is 6.68. The maximum Gasteiger partial charge on any atom is 0.286 e. The van der Waals surface area contributed by atoms with Crippen molar-refractivity contribution in [1.82, 2.24) is 5.06 Å². The standard InChI is InChI=1S/C25H33NO3S2/c1-7-9-15-30-20-14-13-19-21-17(20)11-10-12-18(21)22(27)26(23(19)28)29-31-16-25(6,8-2)24(3,4)5/h10-14H,7-9,15-16H2,1-6H3. The second-order valence-corrected chi connectivity index (χ2v) is 11.3. The predicted molar refractivity (Wildman–Crippen MR) is 131 cm³/mol. The molecule has 4 nitrogen and oxygen atoms in total. The van der Waals surface area contributed by atoms with E-state index in [1.54, 1.807) is 17.8 Å². The van der Waals surface area contributed by atoms with Crippen molar-refractivity contribution in [3.8, 4) is 0 Å². The number of rotatable bonds is 9. The van der Waals surface area contributed by atoms with Gasteiger partial charge in [0.2, 0.25) is 0 Å². The number of imide groups is 1. The Balaban J connectivity index is 1.85. The number of hydroxylamine groups is 2. The molecule has 1 aliphatic heterocycles. The molecule has 0 N–H and O–H groups in total. The highest BCUT2D eigenvalue weighted by atomic mass is 32.2. The fraction of sp³-hybridized carbons (Fsp3) is 0.520. The fourth-order valence-corrected chi connectivity index (χ4v) is 5.96. The van der Waals surface area contributed by atoms with Gasteiger partial charge in [-0.3, -0.25) is 9.59 Å². The third kappa shape index (κ3) is 4.67. The second kappa shape index (κ2) is 9.55. The van der Waals surface area contributed by atoms with Gasteiger partial charge in [-0.2, -0.15) is 4.28 Å². The van der Waals surface area contributed by atoms with Crippen LogP contribution in [0.4, 0.5) is 0 Å². The van der Waals surface area contributed by atoms with E-state index in [0.717, 1.165) is 45.7 Å². The van der Waals surface area contributed by atoms with E-state index in [0.29, 0.717) is 16.9 Å². The lowest BCUT2D eigenvalue weighted by molar-refractivity contribution is -0.00850. The van der Waals surface area contributed by atoms with Crippen LogP contribution < -0.4 is 0 Å². The summed E-state index contributed by atoms with van der Waals surface area (Å²) in [5.41, 5.74) is 1.15. The van der Waals surface area contributed by atoms with Gasteiger partial charge in [0.25, 0.3) is 11.8 Å². The van der Waals surface area contributed by atoms with Crippen molar-refractivity contribution in [1.29, 1.82) is 0 Å². The Morgan fingerprint density at radius 1 is 0.968 bits per heavy atom. The minimum absolute atomic E-state index is 0.0160. The topological polar surface area (TPSA) is 46.6 Å². The molecule has 3 rings (SSSR count). The van der Waals surface area contributed by atoms with E-state index < -0.39 is 0 Å². The van der Waals surface area contributed by atoms with Gasteiger partial charge in [0, 0.05) is 28.1 Å². The number of amides is 2. The highest BCUT2D eigenvalue weighted by Gasteiger charge is 2.38. The van der Waals surface area contributed by atoms with Gasteiger partial charge in [-0.15, -0.1) is 16.8 Å². The molecule has 0 fully saturated rings. The number of thioether (sulfide) groups is 1. The molecule has 168 valence electrons. The summed E-state index contributed by atoms with van der Waals surface area (Å²) < 4.78 is 5.74. The summed E-state index contributed by atoms with van der Waals surface area (Å²) in [7, 11) is 0. The maximum absolute atomic E-state index is 13.2. The lowest BCUT2D eigenvalue weighted by atomic mass is 9.68. The normalized spacial score (nSPS) is 16.1. The number of hydrogen-bond acceptors (Lipinski definition) is 5. The zero-order chi connectivity index (χ0) is 22.8. The van der Waals surface area contributed by atoms with E-state index in [9.17, 15) is 9.59 Å². The van der Waals surface area contributed by atoms with Crippen molar-refractivity contribution in [3.63, 3.8) is 0 Å². The predicted octanol–water partition coefficient (Wildman–Crippen LogP) is 7.37. The maximum atomic E-state index is 13.2. The molecular weight excluding hydrogens is 426 g/mol. The summed E-state index contributed by atoms with van der Waals surface area (Å²) in [6, 6.07) is 9.50. The highest BCUT2D eigenvalue weighted by Crippen LogP contribution is 2.44. The van der Waals surface area contributed by atoms with E-state index in [1.165, 1.54) is 12.0 Å². The first-order chi connectivity index (χ1) is 14.6. The summed E-state index contributed by atoms with van der Waals surface area (Å²) in [5, 5.41) is 2.65. The quantitative estimate of drug-likeness (QED) is 0.169. The summed E-state index contributed by atoms with van der Waals surface area (Å²) in [6.45, 7) is 13.2. The van der Waals surface area contributed by atoms with Gasteiger partial charge in [-0.1, -0.05) is 60.1 Å². The lowest BCUT2D eigenvalue weighted by Crippen LogP contribution is -2.40. The first-order valence-electron chi connectivity index (χ1n) is 11.0. The lowest BCUT2D eigenvalue weighted by Gasteiger charge is -2.41. The Labute approximate surface area is 194 Å². The van der Waals surface area contributed by atoms with Crippen LogP contribution in [0.5, 0.6) is 0 Å². The minimum Gasteiger partial charge on any atom is -0.266 e. The van der Waals surface area contributed by atoms with Crippen molar-refractivity contribution >= 4 is 46.4 Å². The summed E-state index contributed by atoms with van der Waals surface area (Å²) in [4.78, 5) is 27.4. The SMILES string of the molecule is CCCCSc1ccc2c3c(cccc13)C(=O)N(OSCC(C)(CC)C(C)(C)C)C2=O. The number of carbonyl (C=O) groups excluding carboxylic acids is 2. The van der Waals surface area contributed by atoms with Crippen molar-refractivity contribution in [3.05, 3.63) is 41.5 Å². The summed E-state index contributed by atoms with van der Waals surface area (Å²) in [5.74, 6) is 0.932. The van der Waals surface area contributed by atoms with Crippen LogP contribution in [-0.2, 0) is 4.28 Å². The molecule has 0 saturated carbocycles.